The predicted molar refractivity (Wildman–Crippen MR) is 92.8 cm³/mol. The molecule has 0 saturated heterocycles. The number of hydrogen-bond donors (Lipinski definition) is 2. The number of ketones is 1. The third-order valence-corrected chi connectivity index (χ3v) is 3.80. The van der Waals surface area contributed by atoms with E-state index in [0.29, 0.717) is 5.56 Å². The molecule has 2 aromatic carbocycles. The van der Waals surface area contributed by atoms with Crippen molar-refractivity contribution in [1.29, 1.82) is 0 Å². The van der Waals surface area contributed by atoms with E-state index in [9.17, 15) is 15.0 Å². The number of allylic oxidation sites excluding steroid dienone is 2. The maximum Gasteiger partial charge on any atom is 0.189 e. The van der Waals surface area contributed by atoms with E-state index in [2.05, 4.69) is 6.58 Å². The van der Waals surface area contributed by atoms with Crippen LogP contribution in [0.1, 0.15) is 35.3 Å². The average molecular weight is 308 g/mol. The number of aromatic hydroxyl groups is 2. The fourth-order valence-electron chi connectivity index (χ4n) is 2.34. The Labute approximate surface area is 136 Å². The van der Waals surface area contributed by atoms with Gasteiger partial charge in [0.05, 0.1) is 5.56 Å². The Kier molecular flexibility index (Phi) is 4.70. The number of hydrogen-bond acceptors (Lipinski definition) is 3. The zero-order chi connectivity index (χ0) is 17.0. The van der Waals surface area contributed by atoms with Gasteiger partial charge in [0.15, 0.2) is 5.78 Å². The van der Waals surface area contributed by atoms with Crippen LogP contribution in [0.5, 0.6) is 11.5 Å². The van der Waals surface area contributed by atoms with Crippen molar-refractivity contribution in [1.82, 2.24) is 0 Å². The van der Waals surface area contributed by atoms with Gasteiger partial charge < -0.3 is 10.2 Å². The van der Waals surface area contributed by atoms with Crippen LogP contribution in [0.3, 0.4) is 0 Å². The van der Waals surface area contributed by atoms with Crippen LogP contribution in [0.15, 0.2) is 61.2 Å². The first-order chi connectivity index (χ1) is 10.9. The number of phenolic OH excluding ortho intramolecular Hbond substituents is 2. The highest BCUT2D eigenvalue weighted by Crippen LogP contribution is 2.40. The molecule has 0 aromatic heterocycles. The van der Waals surface area contributed by atoms with Gasteiger partial charge in [-0.1, -0.05) is 56.3 Å². The zero-order valence-corrected chi connectivity index (χ0v) is 13.3. The van der Waals surface area contributed by atoms with Crippen molar-refractivity contribution < 1.29 is 15.0 Å². The minimum absolute atomic E-state index is 0.0593. The molecule has 0 saturated carbocycles. The van der Waals surface area contributed by atoms with Crippen LogP contribution in [-0.2, 0) is 5.41 Å². The van der Waals surface area contributed by atoms with Crippen LogP contribution in [0.25, 0.3) is 6.08 Å². The monoisotopic (exact) mass is 308 g/mol. The van der Waals surface area contributed by atoms with E-state index < -0.39 is 5.41 Å². The Morgan fingerprint density at radius 1 is 1.09 bits per heavy atom. The van der Waals surface area contributed by atoms with Crippen LogP contribution in [0.4, 0.5) is 0 Å². The van der Waals surface area contributed by atoms with Crippen LogP contribution in [0.2, 0.25) is 0 Å². The molecule has 0 bridgehead atoms. The van der Waals surface area contributed by atoms with Gasteiger partial charge in [0, 0.05) is 11.0 Å². The average Bonchev–Trinajstić information content (AvgIpc) is 2.53. The summed E-state index contributed by atoms with van der Waals surface area (Å²) in [6.45, 7) is 7.34. The third kappa shape index (κ3) is 3.51. The lowest BCUT2D eigenvalue weighted by molar-refractivity contribution is 0.104. The first kappa shape index (κ1) is 16.6. The minimum atomic E-state index is -0.659. The van der Waals surface area contributed by atoms with Crippen LogP contribution < -0.4 is 0 Å². The largest absolute Gasteiger partial charge is 0.507 e. The Balaban J connectivity index is 2.41. The van der Waals surface area contributed by atoms with Crippen LogP contribution in [0, 0.1) is 0 Å². The van der Waals surface area contributed by atoms with Crippen molar-refractivity contribution in [2.75, 3.05) is 0 Å². The molecule has 2 aromatic rings. The molecule has 0 unspecified atom stereocenters. The zero-order valence-electron chi connectivity index (χ0n) is 13.3. The summed E-state index contributed by atoms with van der Waals surface area (Å²) in [5.74, 6) is -0.596. The summed E-state index contributed by atoms with van der Waals surface area (Å²) in [7, 11) is 0. The number of rotatable bonds is 5. The molecule has 0 radical (unpaired) electrons. The molecule has 0 aliphatic carbocycles. The first-order valence-corrected chi connectivity index (χ1v) is 7.33. The van der Waals surface area contributed by atoms with E-state index in [0.717, 1.165) is 5.56 Å². The van der Waals surface area contributed by atoms with Gasteiger partial charge in [-0.3, -0.25) is 4.79 Å². The molecule has 0 heterocycles. The third-order valence-electron chi connectivity index (χ3n) is 3.80. The van der Waals surface area contributed by atoms with Crippen molar-refractivity contribution in [3.63, 3.8) is 0 Å². The Morgan fingerprint density at radius 3 is 2.35 bits per heavy atom. The molecule has 3 nitrogen and oxygen atoms in total. The van der Waals surface area contributed by atoms with E-state index >= 15 is 0 Å². The van der Waals surface area contributed by atoms with Crippen molar-refractivity contribution in [3.8, 4) is 11.5 Å². The highest BCUT2D eigenvalue weighted by Gasteiger charge is 2.27. The molecule has 23 heavy (non-hydrogen) atoms. The lowest BCUT2D eigenvalue weighted by Gasteiger charge is -2.23. The maximum absolute atomic E-state index is 12.4. The summed E-state index contributed by atoms with van der Waals surface area (Å²) in [5.41, 5.74) is 0.685. The van der Waals surface area contributed by atoms with Gasteiger partial charge in [-0.15, -0.1) is 6.58 Å². The summed E-state index contributed by atoms with van der Waals surface area (Å²) < 4.78 is 0. The Hall–Kier alpha value is -2.81. The fraction of sp³-hybridized carbons (Fsp3) is 0.150. The molecular weight excluding hydrogens is 288 g/mol. The summed E-state index contributed by atoms with van der Waals surface area (Å²) in [6, 6.07) is 12.3. The highest BCUT2D eigenvalue weighted by molar-refractivity contribution is 6.09. The summed E-state index contributed by atoms with van der Waals surface area (Å²) >= 11 is 0. The van der Waals surface area contributed by atoms with Crippen LogP contribution >= 0.6 is 0 Å². The molecule has 2 N–H and O–H groups in total. The molecule has 0 atom stereocenters. The summed E-state index contributed by atoms with van der Waals surface area (Å²) in [5, 5.41) is 20.5. The first-order valence-electron chi connectivity index (χ1n) is 7.33. The molecule has 3 heteroatoms. The quantitative estimate of drug-likeness (QED) is 0.487. The molecule has 0 spiro atoms. The van der Waals surface area contributed by atoms with Gasteiger partial charge in [0.25, 0.3) is 0 Å². The molecule has 0 aliphatic rings. The second kappa shape index (κ2) is 6.53. The van der Waals surface area contributed by atoms with Gasteiger partial charge in [-0.25, -0.2) is 0 Å². The molecular formula is C20H20O3. The lowest BCUT2D eigenvalue weighted by atomic mass is 9.82. The Bertz CT molecular complexity index is 756. The van der Waals surface area contributed by atoms with E-state index in [1.165, 1.54) is 18.2 Å². The van der Waals surface area contributed by atoms with E-state index in [1.54, 1.807) is 12.2 Å². The normalized spacial score (nSPS) is 11.6. The lowest BCUT2D eigenvalue weighted by Crippen LogP contribution is -2.14. The van der Waals surface area contributed by atoms with Gasteiger partial charge in [-0.2, -0.15) is 0 Å². The molecule has 118 valence electrons. The maximum atomic E-state index is 12.4. The van der Waals surface area contributed by atoms with Crippen molar-refractivity contribution in [2.24, 2.45) is 0 Å². The van der Waals surface area contributed by atoms with Crippen LogP contribution in [-0.4, -0.2) is 16.0 Å². The van der Waals surface area contributed by atoms with Gasteiger partial charge in [0.2, 0.25) is 0 Å². The smallest absolute Gasteiger partial charge is 0.189 e. The van der Waals surface area contributed by atoms with Gasteiger partial charge in [-0.05, 0) is 23.8 Å². The van der Waals surface area contributed by atoms with E-state index in [-0.39, 0.29) is 22.8 Å². The molecule has 0 aliphatic heterocycles. The SMILES string of the molecule is C=CC(C)(C)c1c(O)ccc(C(=O)C=Cc2ccccc2)c1O. The van der Waals surface area contributed by atoms with Gasteiger partial charge in [0.1, 0.15) is 11.5 Å². The molecule has 0 amide bonds. The van der Waals surface area contributed by atoms with Crippen molar-refractivity contribution in [3.05, 3.63) is 77.9 Å². The standard InChI is InChI=1S/C20H20O3/c1-4-20(2,3)18-17(22)13-11-15(19(18)23)16(21)12-10-14-8-6-5-7-9-14/h4-13,22-23H,1H2,2-3H3. The van der Waals surface area contributed by atoms with Crippen molar-refractivity contribution >= 4 is 11.9 Å². The van der Waals surface area contributed by atoms with Crippen molar-refractivity contribution in [2.45, 2.75) is 19.3 Å². The topological polar surface area (TPSA) is 57.5 Å². The van der Waals surface area contributed by atoms with E-state index in [1.807, 2.05) is 44.2 Å². The van der Waals surface area contributed by atoms with Gasteiger partial charge >= 0.3 is 0 Å². The number of benzene rings is 2. The number of carbonyl (C=O) groups is 1. The Morgan fingerprint density at radius 2 is 1.74 bits per heavy atom. The second-order valence-electron chi connectivity index (χ2n) is 5.89. The highest BCUT2D eigenvalue weighted by atomic mass is 16.3. The molecule has 2 rings (SSSR count). The number of phenols is 2. The fourth-order valence-corrected chi connectivity index (χ4v) is 2.34. The number of carbonyl (C=O) groups excluding carboxylic acids is 1. The predicted octanol–water partition coefficient (Wildman–Crippen LogP) is 4.46. The summed E-state index contributed by atoms with van der Waals surface area (Å²) in [4.78, 5) is 12.4. The summed E-state index contributed by atoms with van der Waals surface area (Å²) in [6.07, 6.45) is 4.72. The second-order valence-corrected chi connectivity index (χ2v) is 5.89. The molecule has 0 fully saturated rings. The van der Waals surface area contributed by atoms with E-state index in [4.69, 9.17) is 0 Å². The minimum Gasteiger partial charge on any atom is -0.507 e.